The predicted molar refractivity (Wildman–Crippen MR) is 93.3 cm³/mol. The molecule has 6 heteroatoms. The van der Waals surface area contributed by atoms with Crippen LogP contribution in [0.5, 0.6) is 17.2 Å². The summed E-state index contributed by atoms with van der Waals surface area (Å²) in [7, 11) is 0. The second-order valence-electron chi connectivity index (χ2n) is 5.43. The lowest BCUT2D eigenvalue weighted by atomic mass is 10.1. The van der Waals surface area contributed by atoms with Gasteiger partial charge in [0.15, 0.2) is 11.5 Å². The largest absolute Gasteiger partial charge is 0.490 e. The lowest BCUT2D eigenvalue weighted by molar-refractivity contribution is -0.140. The van der Waals surface area contributed by atoms with Gasteiger partial charge in [-0.25, -0.2) is 0 Å². The summed E-state index contributed by atoms with van der Waals surface area (Å²) < 4.78 is 11.4. The van der Waals surface area contributed by atoms with Gasteiger partial charge in [-0.05, 0) is 31.2 Å². The zero-order valence-electron chi connectivity index (χ0n) is 14.2. The van der Waals surface area contributed by atoms with E-state index < -0.39 is 17.8 Å². The summed E-state index contributed by atoms with van der Waals surface area (Å²) in [5.41, 5.74) is 0.325. The Kier molecular flexibility index (Phi) is 6.39. The molecule has 0 aliphatic rings. The average molecular weight is 343 g/mol. The molecule has 0 fully saturated rings. The molecule has 2 rings (SSSR count). The Labute approximate surface area is 146 Å². The van der Waals surface area contributed by atoms with E-state index in [1.807, 2.05) is 19.1 Å². The minimum Gasteiger partial charge on any atom is -0.490 e. The summed E-state index contributed by atoms with van der Waals surface area (Å²) in [6, 6.07) is 14.0. The number of carboxylic acid groups (broad SMARTS) is 1. The maximum absolute atomic E-state index is 12.4. The summed E-state index contributed by atoms with van der Waals surface area (Å²) in [6.45, 7) is 3.94. The van der Waals surface area contributed by atoms with Crippen LogP contribution in [-0.2, 0) is 4.79 Å². The van der Waals surface area contributed by atoms with Gasteiger partial charge in [-0.2, -0.15) is 0 Å². The van der Waals surface area contributed by atoms with Crippen LogP contribution in [-0.4, -0.2) is 30.1 Å². The molecule has 0 saturated heterocycles. The highest BCUT2D eigenvalue weighted by Gasteiger charge is 2.17. The van der Waals surface area contributed by atoms with Crippen molar-refractivity contribution in [3.05, 3.63) is 54.1 Å². The monoisotopic (exact) mass is 343 g/mol. The molecule has 0 spiro atoms. The second kappa shape index (κ2) is 8.73. The molecule has 1 amide bonds. The number of carboxylic acids is 1. The smallest absolute Gasteiger partial charge is 0.308 e. The van der Waals surface area contributed by atoms with Gasteiger partial charge in [0, 0.05) is 6.54 Å². The molecule has 132 valence electrons. The fourth-order valence-corrected chi connectivity index (χ4v) is 2.10. The van der Waals surface area contributed by atoms with Crippen LogP contribution in [0.15, 0.2) is 48.5 Å². The Balaban J connectivity index is 2.18. The molecule has 1 atom stereocenters. The van der Waals surface area contributed by atoms with Crippen LogP contribution >= 0.6 is 0 Å². The number of ether oxygens (including phenoxy) is 2. The van der Waals surface area contributed by atoms with Crippen LogP contribution in [0.4, 0.5) is 0 Å². The number of amides is 1. The van der Waals surface area contributed by atoms with Gasteiger partial charge in [-0.15, -0.1) is 0 Å². The van der Waals surface area contributed by atoms with E-state index >= 15 is 0 Å². The molecule has 2 aromatic carbocycles. The number of carbonyl (C=O) groups excluding carboxylic acids is 1. The van der Waals surface area contributed by atoms with Crippen LogP contribution in [0.1, 0.15) is 24.2 Å². The molecule has 25 heavy (non-hydrogen) atoms. The molecule has 0 saturated carbocycles. The van der Waals surface area contributed by atoms with Gasteiger partial charge in [0.05, 0.1) is 18.1 Å². The van der Waals surface area contributed by atoms with Crippen molar-refractivity contribution >= 4 is 11.9 Å². The Morgan fingerprint density at radius 3 is 2.28 bits per heavy atom. The zero-order valence-corrected chi connectivity index (χ0v) is 14.2. The van der Waals surface area contributed by atoms with Crippen LogP contribution in [0.25, 0.3) is 0 Å². The number of hydrogen-bond donors (Lipinski definition) is 2. The van der Waals surface area contributed by atoms with Gasteiger partial charge >= 0.3 is 5.97 Å². The summed E-state index contributed by atoms with van der Waals surface area (Å²) in [6.07, 6.45) is 0. The quantitative estimate of drug-likeness (QED) is 0.768. The van der Waals surface area contributed by atoms with E-state index in [1.165, 1.54) is 6.92 Å². The SMILES string of the molecule is CCOc1ccccc1Oc1ccccc1C(=O)NCC(C)C(=O)O. The number of para-hydroxylation sites is 3. The highest BCUT2D eigenvalue weighted by atomic mass is 16.5. The van der Waals surface area contributed by atoms with Gasteiger partial charge in [0.25, 0.3) is 5.91 Å². The highest BCUT2D eigenvalue weighted by molar-refractivity contribution is 5.97. The van der Waals surface area contributed by atoms with Gasteiger partial charge in [-0.3, -0.25) is 9.59 Å². The van der Waals surface area contributed by atoms with Crippen LogP contribution in [0.2, 0.25) is 0 Å². The molecule has 0 radical (unpaired) electrons. The van der Waals surface area contributed by atoms with Crippen LogP contribution < -0.4 is 14.8 Å². The van der Waals surface area contributed by atoms with E-state index in [-0.39, 0.29) is 6.54 Å². The molecular formula is C19H21NO5. The third kappa shape index (κ3) is 4.97. The maximum Gasteiger partial charge on any atom is 0.308 e. The molecule has 0 bridgehead atoms. The first-order valence-electron chi connectivity index (χ1n) is 8.02. The molecule has 0 heterocycles. The highest BCUT2D eigenvalue weighted by Crippen LogP contribution is 2.32. The number of aliphatic carboxylic acids is 1. The predicted octanol–water partition coefficient (Wildman–Crippen LogP) is 3.33. The van der Waals surface area contributed by atoms with Crippen molar-refractivity contribution in [2.45, 2.75) is 13.8 Å². The van der Waals surface area contributed by atoms with Gasteiger partial charge in [-0.1, -0.05) is 31.2 Å². The summed E-state index contributed by atoms with van der Waals surface area (Å²) >= 11 is 0. The third-order valence-corrected chi connectivity index (χ3v) is 3.49. The fraction of sp³-hybridized carbons (Fsp3) is 0.263. The van der Waals surface area contributed by atoms with Crippen LogP contribution in [0.3, 0.4) is 0 Å². The molecule has 0 aliphatic carbocycles. The molecule has 1 unspecified atom stereocenters. The van der Waals surface area contributed by atoms with E-state index in [0.29, 0.717) is 29.4 Å². The number of carbonyl (C=O) groups is 2. The van der Waals surface area contributed by atoms with Gasteiger partial charge < -0.3 is 19.9 Å². The van der Waals surface area contributed by atoms with Crippen molar-refractivity contribution in [2.75, 3.05) is 13.2 Å². The van der Waals surface area contributed by atoms with Gasteiger partial charge in [0.1, 0.15) is 5.75 Å². The minimum absolute atomic E-state index is 0.0397. The molecule has 0 aliphatic heterocycles. The van der Waals surface area contributed by atoms with Crippen molar-refractivity contribution in [3.8, 4) is 17.2 Å². The number of rotatable bonds is 8. The maximum atomic E-state index is 12.4. The first kappa shape index (κ1) is 18.3. The average Bonchev–Trinajstić information content (AvgIpc) is 2.61. The van der Waals surface area contributed by atoms with Crippen molar-refractivity contribution in [2.24, 2.45) is 5.92 Å². The van der Waals surface area contributed by atoms with E-state index in [1.54, 1.807) is 36.4 Å². The van der Waals surface area contributed by atoms with E-state index in [2.05, 4.69) is 5.32 Å². The van der Waals surface area contributed by atoms with Gasteiger partial charge in [0.2, 0.25) is 0 Å². The second-order valence-corrected chi connectivity index (χ2v) is 5.43. The summed E-state index contributed by atoms with van der Waals surface area (Å²) in [5.74, 6) is -0.567. The molecule has 6 nitrogen and oxygen atoms in total. The summed E-state index contributed by atoms with van der Waals surface area (Å²) in [5, 5.41) is 11.5. The summed E-state index contributed by atoms with van der Waals surface area (Å²) in [4.78, 5) is 23.2. The normalized spacial score (nSPS) is 11.4. The topological polar surface area (TPSA) is 84.9 Å². The van der Waals surface area contributed by atoms with E-state index in [4.69, 9.17) is 14.6 Å². The Morgan fingerprint density at radius 1 is 1.04 bits per heavy atom. The van der Waals surface area contributed by atoms with Crippen LogP contribution in [0, 0.1) is 5.92 Å². The molecule has 2 aromatic rings. The van der Waals surface area contributed by atoms with Crippen molar-refractivity contribution in [1.29, 1.82) is 0 Å². The lowest BCUT2D eigenvalue weighted by Gasteiger charge is -2.14. The standard InChI is InChI=1S/C19H21NO5/c1-3-24-16-10-6-7-11-17(16)25-15-9-5-4-8-14(15)18(21)20-12-13(2)19(22)23/h4-11,13H,3,12H2,1-2H3,(H,20,21)(H,22,23). The minimum atomic E-state index is -0.963. The Hall–Kier alpha value is -3.02. The Morgan fingerprint density at radius 2 is 1.64 bits per heavy atom. The van der Waals surface area contributed by atoms with E-state index in [0.717, 1.165) is 0 Å². The molecule has 2 N–H and O–H groups in total. The Bertz CT molecular complexity index is 744. The first-order chi connectivity index (χ1) is 12.0. The van der Waals surface area contributed by atoms with Crippen molar-refractivity contribution in [1.82, 2.24) is 5.32 Å². The first-order valence-corrected chi connectivity index (χ1v) is 8.02. The lowest BCUT2D eigenvalue weighted by Crippen LogP contribution is -2.31. The molecular weight excluding hydrogens is 322 g/mol. The molecule has 0 aromatic heterocycles. The van der Waals surface area contributed by atoms with E-state index in [9.17, 15) is 9.59 Å². The number of hydrogen-bond acceptors (Lipinski definition) is 4. The number of nitrogens with one attached hydrogen (secondary N) is 1. The fourth-order valence-electron chi connectivity index (χ4n) is 2.10. The third-order valence-electron chi connectivity index (χ3n) is 3.49. The zero-order chi connectivity index (χ0) is 18.2. The number of benzene rings is 2. The van der Waals surface area contributed by atoms with Crippen molar-refractivity contribution in [3.63, 3.8) is 0 Å². The van der Waals surface area contributed by atoms with Crippen molar-refractivity contribution < 1.29 is 24.2 Å².